The Labute approximate surface area is 102 Å². The predicted octanol–water partition coefficient (Wildman–Crippen LogP) is 0.918. The van der Waals surface area contributed by atoms with Crippen molar-refractivity contribution in [3.63, 3.8) is 0 Å². The molecule has 0 aromatic carbocycles. The zero-order valence-electron chi connectivity index (χ0n) is 10.9. The smallest absolute Gasteiger partial charge is 0.323 e. The molecule has 0 aliphatic rings. The zero-order chi connectivity index (χ0) is 13.5. The van der Waals surface area contributed by atoms with Gasteiger partial charge in [0, 0.05) is 25.8 Å². The molecule has 0 radical (unpaired) electrons. The van der Waals surface area contributed by atoms with Crippen molar-refractivity contribution in [2.75, 3.05) is 26.8 Å². The number of carbonyl (C=O) groups excluding carboxylic acids is 1. The van der Waals surface area contributed by atoms with Gasteiger partial charge in [0.05, 0.1) is 0 Å². The maximum absolute atomic E-state index is 11.8. The first-order valence-electron chi connectivity index (χ1n) is 5.55. The Bertz CT molecular complexity index is 261. The molecule has 0 rings (SSSR count). The maximum atomic E-state index is 11.8. The third-order valence-electron chi connectivity index (χ3n) is 2.15. The van der Waals surface area contributed by atoms with Crippen LogP contribution in [0.5, 0.6) is 0 Å². The molecule has 6 heteroatoms. The summed E-state index contributed by atoms with van der Waals surface area (Å²) in [7, 11) is 1.59. The van der Waals surface area contributed by atoms with Crippen LogP contribution in [0.4, 0.5) is 4.79 Å². The summed E-state index contributed by atoms with van der Waals surface area (Å²) in [5.74, 6) is -1.02. The van der Waals surface area contributed by atoms with Gasteiger partial charge in [-0.25, -0.2) is 4.79 Å². The minimum atomic E-state index is -1.02. The van der Waals surface area contributed by atoms with Crippen molar-refractivity contribution in [3.8, 4) is 0 Å². The molecule has 0 atom stereocenters. The molecule has 0 aliphatic carbocycles. The lowest BCUT2D eigenvalue weighted by Crippen LogP contribution is -2.52. The number of urea groups is 1. The fourth-order valence-corrected chi connectivity index (χ4v) is 1.26. The van der Waals surface area contributed by atoms with Crippen LogP contribution < -0.4 is 5.32 Å². The summed E-state index contributed by atoms with van der Waals surface area (Å²) in [5, 5.41) is 11.4. The Morgan fingerprint density at radius 3 is 2.35 bits per heavy atom. The van der Waals surface area contributed by atoms with Crippen LogP contribution in [0.1, 0.15) is 27.2 Å². The number of aliphatic carboxylic acids is 1. The van der Waals surface area contributed by atoms with Gasteiger partial charge in [-0.15, -0.1) is 0 Å². The number of nitrogens with one attached hydrogen (secondary N) is 1. The fraction of sp³-hybridized carbons (Fsp3) is 0.818. The summed E-state index contributed by atoms with van der Waals surface area (Å²) >= 11 is 0. The van der Waals surface area contributed by atoms with Gasteiger partial charge in [0.1, 0.15) is 6.54 Å². The molecular formula is C11H22N2O4. The molecule has 2 N–H and O–H groups in total. The predicted molar refractivity (Wildman–Crippen MR) is 64.0 cm³/mol. The number of carbonyl (C=O) groups is 2. The second kappa shape index (κ2) is 7.11. The highest BCUT2D eigenvalue weighted by atomic mass is 16.5. The van der Waals surface area contributed by atoms with Gasteiger partial charge in [-0.3, -0.25) is 4.79 Å². The van der Waals surface area contributed by atoms with Crippen LogP contribution in [0, 0.1) is 0 Å². The lowest BCUT2D eigenvalue weighted by atomic mass is 10.1. The van der Waals surface area contributed by atoms with Crippen molar-refractivity contribution in [3.05, 3.63) is 0 Å². The molecule has 0 bridgehead atoms. The number of rotatable bonds is 6. The largest absolute Gasteiger partial charge is 0.480 e. The summed E-state index contributed by atoms with van der Waals surface area (Å²) in [4.78, 5) is 23.8. The average molecular weight is 246 g/mol. The van der Waals surface area contributed by atoms with Crippen molar-refractivity contribution < 1.29 is 19.4 Å². The molecule has 0 heterocycles. The Morgan fingerprint density at radius 2 is 1.94 bits per heavy atom. The molecule has 0 saturated carbocycles. The van der Waals surface area contributed by atoms with Gasteiger partial charge in [0.15, 0.2) is 0 Å². The summed E-state index contributed by atoms with van der Waals surface area (Å²) in [6, 6.07) is -0.365. The van der Waals surface area contributed by atoms with E-state index in [0.717, 1.165) is 0 Å². The molecule has 0 aromatic heterocycles. The summed E-state index contributed by atoms with van der Waals surface area (Å²) in [5.41, 5.74) is -0.524. The van der Waals surface area contributed by atoms with Crippen molar-refractivity contribution >= 4 is 12.0 Å². The molecule has 0 fully saturated rings. The van der Waals surface area contributed by atoms with Crippen molar-refractivity contribution in [1.29, 1.82) is 0 Å². The minimum absolute atomic E-state index is 0.306. The van der Waals surface area contributed by atoms with Gasteiger partial charge in [0.25, 0.3) is 0 Å². The van der Waals surface area contributed by atoms with Gasteiger partial charge in [0.2, 0.25) is 0 Å². The molecule has 0 unspecified atom stereocenters. The van der Waals surface area contributed by atoms with Gasteiger partial charge < -0.3 is 20.1 Å². The topological polar surface area (TPSA) is 78.9 Å². The van der Waals surface area contributed by atoms with Crippen LogP contribution in [0.15, 0.2) is 0 Å². The summed E-state index contributed by atoms with van der Waals surface area (Å²) in [6.45, 7) is 6.12. The minimum Gasteiger partial charge on any atom is -0.480 e. The summed E-state index contributed by atoms with van der Waals surface area (Å²) < 4.78 is 4.86. The van der Waals surface area contributed by atoms with E-state index in [9.17, 15) is 9.59 Å². The molecule has 0 aromatic rings. The van der Waals surface area contributed by atoms with Crippen LogP contribution in [-0.2, 0) is 9.53 Å². The highest BCUT2D eigenvalue weighted by molar-refractivity contribution is 5.80. The molecule has 2 amide bonds. The van der Waals surface area contributed by atoms with E-state index in [4.69, 9.17) is 9.84 Å². The number of nitrogens with zero attached hydrogens (tertiary/aromatic N) is 1. The second-order valence-corrected chi connectivity index (χ2v) is 4.73. The van der Waals surface area contributed by atoms with Gasteiger partial charge in [-0.1, -0.05) is 0 Å². The monoisotopic (exact) mass is 246 g/mol. The molecule has 0 spiro atoms. The highest BCUT2D eigenvalue weighted by Gasteiger charge is 2.27. The molecule has 0 aliphatic heterocycles. The number of hydrogen-bond donors (Lipinski definition) is 2. The zero-order valence-corrected chi connectivity index (χ0v) is 10.9. The Balaban J connectivity index is 4.29. The Hall–Kier alpha value is -1.30. The number of carboxylic acid groups (broad SMARTS) is 1. The van der Waals surface area contributed by atoms with E-state index in [-0.39, 0.29) is 12.6 Å². The third-order valence-corrected chi connectivity index (χ3v) is 2.15. The van der Waals surface area contributed by atoms with Crippen LogP contribution in [0.3, 0.4) is 0 Å². The Morgan fingerprint density at radius 1 is 1.35 bits per heavy atom. The molecular weight excluding hydrogens is 224 g/mol. The number of ether oxygens (including phenoxy) is 1. The van der Waals surface area contributed by atoms with Gasteiger partial charge in [-0.2, -0.15) is 0 Å². The number of methoxy groups -OCH3 is 1. The lowest BCUT2D eigenvalue weighted by Gasteiger charge is -2.34. The second-order valence-electron chi connectivity index (χ2n) is 4.73. The average Bonchev–Trinajstić information content (AvgIpc) is 2.19. The lowest BCUT2D eigenvalue weighted by molar-refractivity contribution is -0.138. The van der Waals surface area contributed by atoms with E-state index in [1.165, 1.54) is 4.90 Å². The van der Waals surface area contributed by atoms with E-state index in [0.29, 0.717) is 19.6 Å². The standard InChI is InChI=1S/C11H22N2O4/c1-11(2,3)13(8-9(14)15)10(16)12-6-5-7-17-4/h5-8H2,1-4H3,(H,12,16)(H,14,15). The summed E-state index contributed by atoms with van der Waals surface area (Å²) in [6.07, 6.45) is 0.702. The quantitative estimate of drug-likeness (QED) is 0.683. The van der Waals surface area contributed by atoms with Gasteiger partial charge >= 0.3 is 12.0 Å². The van der Waals surface area contributed by atoms with E-state index in [2.05, 4.69) is 5.32 Å². The number of carboxylic acids is 1. The van der Waals surface area contributed by atoms with E-state index >= 15 is 0 Å². The van der Waals surface area contributed by atoms with E-state index < -0.39 is 11.5 Å². The molecule has 100 valence electrons. The first-order chi connectivity index (χ1) is 7.79. The third kappa shape index (κ3) is 6.78. The maximum Gasteiger partial charge on any atom is 0.323 e. The van der Waals surface area contributed by atoms with E-state index in [1.807, 2.05) is 0 Å². The van der Waals surface area contributed by atoms with Gasteiger partial charge in [-0.05, 0) is 27.2 Å². The van der Waals surface area contributed by atoms with Crippen molar-refractivity contribution in [2.24, 2.45) is 0 Å². The SMILES string of the molecule is COCCCNC(=O)N(CC(=O)O)C(C)(C)C. The van der Waals surface area contributed by atoms with Crippen LogP contribution in [-0.4, -0.2) is 54.4 Å². The number of hydrogen-bond acceptors (Lipinski definition) is 3. The molecule has 0 saturated heterocycles. The Kier molecular flexibility index (Phi) is 6.57. The molecule has 17 heavy (non-hydrogen) atoms. The normalized spacial score (nSPS) is 11.1. The molecule has 6 nitrogen and oxygen atoms in total. The number of amides is 2. The van der Waals surface area contributed by atoms with Crippen molar-refractivity contribution in [2.45, 2.75) is 32.7 Å². The first-order valence-corrected chi connectivity index (χ1v) is 5.55. The van der Waals surface area contributed by atoms with Crippen LogP contribution in [0.25, 0.3) is 0 Å². The fourth-order valence-electron chi connectivity index (χ4n) is 1.26. The van der Waals surface area contributed by atoms with E-state index in [1.54, 1.807) is 27.9 Å². The first kappa shape index (κ1) is 15.7. The van der Waals surface area contributed by atoms with Crippen LogP contribution in [0.2, 0.25) is 0 Å². The van der Waals surface area contributed by atoms with Crippen molar-refractivity contribution in [1.82, 2.24) is 10.2 Å². The highest BCUT2D eigenvalue weighted by Crippen LogP contribution is 2.12. The van der Waals surface area contributed by atoms with Crippen LogP contribution >= 0.6 is 0 Å².